The molecule has 0 amide bonds. The van der Waals surface area contributed by atoms with Gasteiger partial charge in [-0.1, -0.05) is 12.1 Å². The Bertz CT molecular complexity index is 415. The van der Waals surface area contributed by atoms with E-state index >= 15 is 0 Å². The highest BCUT2D eigenvalue weighted by atomic mass is 16.5. The summed E-state index contributed by atoms with van der Waals surface area (Å²) in [6.07, 6.45) is 4.22. The minimum Gasteiger partial charge on any atom is -0.496 e. The van der Waals surface area contributed by atoms with Crippen molar-refractivity contribution in [2.75, 3.05) is 7.11 Å². The molecule has 0 saturated carbocycles. The van der Waals surface area contributed by atoms with Gasteiger partial charge in [-0.2, -0.15) is 0 Å². The first kappa shape index (κ1) is 8.69. The number of aromatic nitrogens is 2. The van der Waals surface area contributed by atoms with Crippen molar-refractivity contribution < 1.29 is 4.74 Å². The third kappa shape index (κ3) is 1.57. The largest absolute Gasteiger partial charge is 0.496 e. The van der Waals surface area contributed by atoms with E-state index in [0.717, 1.165) is 17.0 Å². The normalized spacial score (nSPS) is 9.79. The Labute approximate surface area is 82.4 Å². The smallest absolute Gasteiger partial charge is 0.198 e. The van der Waals surface area contributed by atoms with Gasteiger partial charge in [0.05, 0.1) is 12.8 Å². The highest BCUT2D eigenvalue weighted by molar-refractivity contribution is 5.66. The van der Waals surface area contributed by atoms with Gasteiger partial charge in [-0.05, 0) is 18.2 Å². The van der Waals surface area contributed by atoms with E-state index < -0.39 is 0 Å². The highest BCUT2D eigenvalue weighted by Gasteiger charge is 2.04. The molecule has 0 atom stereocenters. The summed E-state index contributed by atoms with van der Waals surface area (Å²) in [6.45, 7) is 0. The molecule has 0 aliphatic carbocycles. The Hall–Kier alpha value is -1.90. The van der Waals surface area contributed by atoms with Gasteiger partial charge < -0.3 is 4.74 Å². The standard InChI is InChI=1S/C11H9N2O/c1-14-11-5-3-2-4-9(11)10-6-7-12-8-13-10/h2-7H,1H3. The number of ether oxygens (including phenoxy) is 1. The van der Waals surface area contributed by atoms with Crippen molar-refractivity contribution in [3.05, 3.63) is 42.9 Å². The Balaban J connectivity index is 2.51. The zero-order valence-electron chi connectivity index (χ0n) is 7.77. The van der Waals surface area contributed by atoms with Gasteiger partial charge in [0.2, 0.25) is 0 Å². The lowest BCUT2D eigenvalue weighted by molar-refractivity contribution is 0.416. The molecular weight excluding hydrogens is 176 g/mol. The number of hydrogen-bond donors (Lipinski definition) is 0. The van der Waals surface area contributed by atoms with Crippen LogP contribution in [-0.4, -0.2) is 17.1 Å². The maximum absolute atomic E-state index is 5.23. The third-order valence-electron chi connectivity index (χ3n) is 1.92. The fourth-order valence-electron chi connectivity index (χ4n) is 1.27. The van der Waals surface area contributed by atoms with E-state index in [1.165, 1.54) is 0 Å². The van der Waals surface area contributed by atoms with Gasteiger partial charge in [0, 0.05) is 11.8 Å². The molecule has 1 aromatic carbocycles. The molecule has 2 aromatic rings. The summed E-state index contributed by atoms with van der Waals surface area (Å²) < 4.78 is 5.23. The van der Waals surface area contributed by atoms with Gasteiger partial charge in [0.1, 0.15) is 5.75 Å². The Kier molecular flexibility index (Phi) is 2.40. The van der Waals surface area contributed by atoms with Crippen LogP contribution in [0.3, 0.4) is 0 Å². The molecule has 0 aliphatic heterocycles. The molecule has 3 nitrogen and oxygen atoms in total. The van der Waals surface area contributed by atoms with E-state index in [9.17, 15) is 0 Å². The fourth-order valence-corrected chi connectivity index (χ4v) is 1.27. The number of hydrogen-bond acceptors (Lipinski definition) is 3. The van der Waals surface area contributed by atoms with Crippen molar-refractivity contribution in [3.63, 3.8) is 0 Å². The van der Waals surface area contributed by atoms with E-state index in [2.05, 4.69) is 16.3 Å². The van der Waals surface area contributed by atoms with Crippen LogP contribution in [0.2, 0.25) is 0 Å². The van der Waals surface area contributed by atoms with E-state index in [1.807, 2.05) is 30.3 Å². The van der Waals surface area contributed by atoms with Crippen LogP contribution in [0.4, 0.5) is 0 Å². The lowest BCUT2D eigenvalue weighted by atomic mass is 10.1. The Morgan fingerprint density at radius 3 is 2.79 bits per heavy atom. The van der Waals surface area contributed by atoms with E-state index in [1.54, 1.807) is 13.3 Å². The van der Waals surface area contributed by atoms with Gasteiger partial charge in [-0.3, -0.25) is 0 Å². The molecule has 1 heterocycles. The monoisotopic (exact) mass is 185 g/mol. The fraction of sp³-hybridized carbons (Fsp3) is 0.0909. The molecule has 3 heteroatoms. The zero-order chi connectivity index (χ0) is 9.80. The molecule has 0 fully saturated rings. The van der Waals surface area contributed by atoms with E-state index in [4.69, 9.17) is 4.74 Å². The van der Waals surface area contributed by atoms with Crippen LogP contribution >= 0.6 is 0 Å². The number of nitrogens with zero attached hydrogens (tertiary/aromatic N) is 2. The summed E-state index contributed by atoms with van der Waals surface area (Å²) in [5.74, 6) is 0.805. The highest BCUT2D eigenvalue weighted by Crippen LogP contribution is 2.26. The second-order valence-corrected chi connectivity index (χ2v) is 2.74. The molecule has 69 valence electrons. The van der Waals surface area contributed by atoms with Crippen LogP contribution in [0.5, 0.6) is 5.75 Å². The topological polar surface area (TPSA) is 35.0 Å². The van der Waals surface area contributed by atoms with Crippen LogP contribution in [0.1, 0.15) is 0 Å². The molecule has 1 aromatic heterocycles. The minimum absolute atomic E-state index is 0.805. The van der Waals surface area contributed by atoms with Crippen LogP contribution in [0, 0.1) is 6.33 Å². The first-order valence-corrected chi connectivity index (χ1v) is 4.24. The SMILES string of the molecule is COc1ccccc1-c1ccn[c]n1. The van der Waals surface area contributed by atoms with Crippen molar-refractivity contribution in [2.45, 2.75) is 0 Å². The third-order valence-corrected chi connectivity index (χ3v) is 1.92. The van der Waals surface area contributed by atoms with E-state index in [0.29, 0.717) is 0 Å². The lowest BCUT2D eigenvalue weighted by Gasteiger charge is -2.05. The van der Waals surface area contributed by atoms with Crippen molar-refractivity contribution in [3.8, 4) is 17.0 Å². The molecule has 1 radical (unpaired) electrons. The number of benzene rings is 1. The van der Waals surface area contributed by atoms with Gasteiger partial charge in [0.15, 0.2) is 6.33 Å². The quantitative estimate of drug-likeness (QED) is 0.717. The molecule has 0 aliphatic rings. The van der Waals surface area contributed by atoms with Crippen molar-refractivity contribution in [1.29, 1.82) is 0 Å². The van der Waals surface area contributed by atoms with Crippen molar-refractivity contribution >= 4 is 0 Å². The van der Waals surface area contributed by atoms with Gasteiger partial charge in [-0.15, -0.1) is 0 Å². The van der Waals surface area contributed by atoms with Crippen LogP contribution in [0.15, 0.2) is 36.5 Å². The van der Waals surface area contributed by atoms with Crippen molar-refractivity contribution in [2.24, 2.45) is 0 Å². The average molecular weight is 185 g/mol. The van der Waals surface area contributed by atoms with Crippen LogP contribution < -0.4 is 4.74 Å². The summed E-state index contributed by atoms with van der Waals surface area (Å²) in [5, 5.41) is 0. The van der Waals surface area contributed by atoms with Crippen LogP contribution in [-0.2, 0) is 0 Å². The first-order chi connectivity index (χ1) is 6.92. The van der Waals surface area contributed by atoms with E-state index in [-0.39, 0.29) is 0 Å². The molecule has 0 bridgehead atoms. The molecule has 0 N–H and O–H groups in total. The number of para-hydroxylation sites is 1. The minimum atomic E-state index is 0.805. The van der Waals surface area contributed by atoms with Crippen LogP contribution in [0.25, 0.3) is 11.3 Å². The van der Waals surface area contributed by atoms with Gasteiger partial charge >= 0.3 is 0 Å². The second kappa shape index (κ2) is 3.87. The summed E-state index contributed by atoms with van der Waals surface area (Å²) >= 11 is 0. The Morgan fingerprint density at radius 1 is 1.21 bits per heavy atom. The predicted octanol–water partition coefficient (Wildman–Crippen LogP) is 1.95. The van der Waals surface area contributed by atoms with Crippen molar-refractivity contribution in [1.82, 2.24) is 9.97 Å². The summed E-state index contributed by atoms with van der Waals surface area (Å²) in [6, 6.07) is 9.55. The lowest BCUT2D eigenvalue weighted by Crippen LogP contribution is -1.89. The molecule has 0 unspecified atom stereocenters. The summed E-state index contributed by atoms with van der Waals surface area (Å²) in [4.78, 5) is 7.79. The average Bonchev–Trinajstić information content (AvgIpc) is 2.30. The maximum atomic E-state index is 5.23. The van der Waals surface area contributed by atoms with Gasteiger partial charge in [0.25, 0.3) is 0 Å². The second-order valence-electron chi connectivity index (χ2n) is 2.74. The summed E-state index contributed by atoms with van der Waals surface area (Å²) in [5.41, 5.74) is 1.77. The molecular formula is C11H9N2O. The number of methoxy groups -OCH3 is 1. The summed E-state index contributed by atoms with van der Waals surface area (Å²) in [7, 11) is 1.64. The molecule has 0 spiro atoms. The zero-order valence-corrected chi connectivity index (χ0v) is 7.77. The molecule has 2 rings (SSSR count). The molecule has 0 saturated heterocycles. The first-order valence-electron chi connectivity index (χ1n) is 4.24. The molecule has 14 heavy (non-hydrogen) atoms. The van der Waals surface area contributed by atoms with Gasteiger partial charge in [-0.25, -0.2) is 9.97 Å². The predicted molar refractivity (Wildman–Crippen MR) is 52.9 cm³/mol. The maximum Gasteiger partial charge on any atom is 0.198 e. The Morgan fingerprint density at radius 2 is 2.07 bits per heavy atom. The number of rotatable bonds is 2.